The van der Waals surface area contributed by atoms with Crippen LogP contribution in [0.2, 0.25) is 0 Å². The second-order valence-electron chi connectivity index (χ2n) is 5.12. The minimum atomic E-state index is -0.800. The summed E-state index contributed by atoms with van der Waals surface area (Å²) in [6, 6.07) is 6.69. The van der Waals surface area contributed by atoms with Crippen molar-refractivity contribution in [2.24, 2.45) is 5.92 Å². The van der Waals surface area contributed by atoms with Crippen LogP contribution in [0.15, 0.2) is 24.3 Å². The van der Waals surface area contributed by atoms with Crippen LogP contribution in [-0.2, 0) is 10.2 Å². The molecule has 2 N–H and O–H groups in total. The second kappa shape index (κ2) is 4.40. The zero-order valence-electron chi connectivity index (χ0n) is 10.0. The second-order valence-corrected chi connectivity index (χ2v) is 5.12. The standard InChI is InChI=1S/C14H18O3/c1-10-5-7-14(8-6-10,13(16)17)11-3-2-4-12(15)9-11/h2-4,9-10,15H,5-8H2,1H3,(H,16,17). The molecule has 3 nitrogen and oxygen atoms in total. The van der Waals surface area contributed by atoms with E-state index in [1.165, 1.54) is 0 Å². The van der Waals surface area contributed by atoms with Crippen molar-refractivity contribution in [3.05, 3.63) is 29.8 Å². The molecule has 0 aromatic heterocycles. The molecule has 0 radical (unpaired) electrons. The number of carbonyl (C=O) groups is 1. The summed E-state index contributed by atoms with van der Waals surface area (Å²) in [5.74, 6) is -0.0310. The highest BCUT2D eigenvalue weighted by Crippen LogP contribution is 2.42. The van der Waals surface area contributed by atoms with Crippen LogP contribution in [0.25, 0.3) is 0 Å². The summed E-state index contributed by atoms with van der Waals surface area (Å²) in [5, 5.41) is 19.0. The van der Waals surface area contributed by atoms with E-state index in [-0.39, 0.29) is 5.75 Å². The van der Waals surface area contributed by atoms with Crippen LogP contribution in [0.1, 0.15) is 38.2 Å². The lowest BCUT2D eigenvalue weighted by Gasteiger charge is -2.36. The third-order valence-electron chi connectivity index (χ3n) is 3.94. The first-order chi connectivity index (χ1) is 8.04. The van der Waals surface area contributed by atoms with Gasteiger partial charge in [0, 0.05) is 0 Å². The Morgan fingerprint density at radius 1 is 1.35 bits per heavy atom. The molecule has 2 rings (SSSR count). The highest BCUT2D eigenvalue weighted by molar-refractivity contribution is 5.81. The van der Waals surface area contributed by atoms with Crippen LogP contribution in [0.5, 0.6) is 5.75 Å². The number of carboxylic acids is 1. The van der Waals surface area contributed by atoms with Crippen LogP contribution in [0, 0.1) is 5.92 Å². The van der Waals surface area contributed by atoms with E-state index >= 15 is 0 Å². The van der Waals surface area contributed by atoms with Crippen LogP contribution in [-0.4, -0.2) is 16.2 Å². The number of rotatable bonds is 2. The summed E-state index contributed by atoms with van der Waals surface area (Å²) < 4.78 is 0. The van der Waals surface area contributed by atoms with Gasteiger partial charge in [-0.1, -0.05) is 19.1 Å². The number of carboxylic acid groups (broad SMARTS) is 1. The normalized spacial score (nSPS) is 28.9. The van der Waals surface area contributed by atoms with Crippen LogP contribution < -0.4 is 0 Å². The zero-order chi connectivity index (χ0) is 12.5. The molecule has 3 heteroatoms. The maximum atomic E-state index is 11.6. The smallest absolute Gasteiger partial charge is 0.314 e. The number of aliphatic carboxylic acids is 1. The summed E-state index contributed by atoms with van der Waals surface area (Å²) in [4.78, 5) is 11.6. The number of hydrogen-bond acceptors (Lipinski definition) is 2. The third kappa shape index (κ3) is 2.14. The van der Waals surface area contributed by atoms with E-state index in [1.54, 1.807) is 18.2 Å². The molecule has 0 atom stereocenters. The van der Waals surface area contributed by atoms with Crippen LogP contribution >= 0.6 is 0 Å². The van der Waals surface area contributed by atoms with Gasteiger partial charge in [0.15, 0.2) is 0 Å². The van der Waals surface area contributed by atoms with Gasteiger partial charge in [0.05, 0.1) is 5.41 Å². The van der Waals surface area contributed by atoms with Gasteiger partial charge in [0.2, 0.25) is 0 Å². The Morgan fingerprint density at radius 3 is 2.53 bits per heavy atom. The topological polar surface area (TPSA) is 57.5 Å². The van der Waals surface area contributed by atoms with E-state index in [0.717, 1.165) is 18.4 Å². The summed E-state index contributed by atoms with van der Waals surface area (Å²) in [7, 11) is 0. The molecule has 0 amide bonds. The fourth-order valence-electron chi connectivity index (χ4n) is 2.68. The molecular weight excluding hydrogens is 216 g/mol. The molecule has 1 saturated carbocycles. The number of hydrogen-bond donors (Lipinski definition) is 2. The molecule has 1 aromatic carbocycles. The van der Waals surface area contributed by atoms with Gasteiger partial charge in [-0.05, 0) is 49.3 Å². The SMILES string of the molecule is CC1CCC(C(=O)O)(c2cccc(O)c2)CC1. The molecule has 1 aromatic rings. The van der Waals surface area contributed by atoms with Crippen molar-refractivity contribution in [1.82, 2.24) is 0 Å². The van der Waals surface area contributed by atoms with Gasteiger partial charge in [-0.2, -0.15) is 0 Å². The predicted molar refractivity (Wildman–Crippen MR) is 65.1 cm³/mol. The van der Waals surface area contributed by atoms with Crippen molar-refractivity contribution < 1.29 is 15.0 Å². The number of aromatic hydroxyl groups is 1. The largest absolute Gasteiger partial charge is 0.508 e. The van der Waals surface area contributed by atoms with Crippen molar-refractivity contribution >= 4 is 5.97 Å². The molecule has 1 aliphatic rings. The molecule has 0 bridgehead atoms. The third-order valence-corrected chi connectivity index (χ3v) is 3.94. The fourth-order valence-corrected chi connectivity index (χ4v) is 2.68. The fraction of sp³-hybridized carbons (Fsp3) is 0.500. The quantitative estimate of drug-likeness (QED) is 0.827. The van der Waals surface area contributed by atoms with Gasteiger partial charge in [-0.3, -0.25) is 4.79 Å². The van der Waals surface area contributed by atoms with E-state index in [1.807, 2.05) is 6.07 Å². The molecule has 0 spiro atoms. The molecule has 1 fully saturated rings. The molecule has 0 heterocycles. The van der Waals surface area contributed by atoms with Crippen molar-refractivity contribution in [2.75, 3.05) is 0 Å². The van der Waals surface area contributed by atoms with Crippen molar-refractivity contribution in [2.45, 2.75) is 38.0 Å². The molecule has 17 heavy (non-hydrogen) atoms. The van der Waals surface area contributed by atoms with Gasteiger partial charge in [-0.15, -0.1) is 0 Å². The summed E-state index contributed by atoms with van der Waals surface area (Å²) in [5.41, 5.74) is -0.0671. The lowest BCUT2D eigenvalue weighted by molar-refractivity contribution is -0.145. The van der Waals surface area contributed by atoms with E-state index in [9.17, 15) is 15.0 Å². The Kier molecular flexibility index (Phi) is 3.09. The number of phenols is 1. The van der Waals surface area contributed by atoms with Gasteiger partial charge in [-0.25, -0.2) is 0 Å². The minimum Gasteiger partial charge on any atom is -0.508 e. The maximum Gasteiger partial charge on any atom is 0.314 e. The molecule has 0 saturated heterocycles. The summed E-state index contributed by atoms with van der Waals surface area (Å²) in [6.07, 6.45) is 3.18. The first-order valence-electron chi connectivity index (χ1n) is 6.07. The Balaban J connectivity index is 2.38. The average molecular weight is 234 g/mol. The lowest BCUT2D eigenvalue weighted by Crippen LogP contribution is -2.39. The molecule has 1 aliphatic carbocycles. The molecular formula is C14H18O3. The van der Waals surface area contributed by atoms with Crippen LogP contribution in [0.3, 0.4) is 0 Å². The van der Waals surface area contributed by atoms with E-state index in [4.69, 9.17) is 0 Å². The highest BCUT2D eigenvalue weighted by atomic mass is 16.4. The maximum absolute atomic E-state index is 11.6. The monoisotopic (exact) mass is 234 g/mol. The summed E-state index contributed by atoms with van der Waals surface area (Å²) >= 11 is 0. The van der Waals surface area contributed by atoms with Gasteiger partial charge in [0.1, 0.15) is 5.75 Å². The van der Waals surface area contributed by atoms with E-state index < -0.39 is 11.4 Å². The Labute approximate surface area is 101 Å². The Bertz CT molecular complexity index is 417. The first kappa shape index (κ1) is 12.0. The molecule has 92 valence electrons. The number of phenolic OH excluding ortho intramolecular Hbond substituents is 1. The van der Waals surface area contributed by atoms with Gasteiger partial charge < -0.3 is 10.2 Å². The Hall–Kier alpha value is -1.51. The van der Waals surface area contributed by atoms with Gasteiger partial charge >= 0.3 is 5.97 Å². The van der Waals surface area contributed by atoms with Crippen molar-refractivity contribution in [1.29, 1.82) is 0 Å². The average Bonchev–Trinajstić information content (AvgIpc) is 2.30. The molecule has 0 unspecified atom stereocenters. The Morgan fingerprint density at radius 2 is 2.00 bits per heavy atom. The van der Waals surface area contributed by atoms with Crippen molar-refractivity contribution in [3.8, 4) is 5.75 Å². The van der Waals surface area contributed by atoms with Crippen molar-refractivity contribution in [3.63, 3.8) is 0 Å². The predicted octanol–water partition coefficient (Wildman–Crippen LogP) is 2.92. The van der Waals surface area contributed by atoms with E-state index in [2.05, 4.69) is 6.92 Å². The van der Waals surface area contributed by atoms with Gasteiger partial charge in [0.25, 0.3) is 0 Å². The highest BCUT2D eigenvalue weighted by Gasteiger charge is 2.42. The van der Waals surface area contributed by atoms with E-state index in [0.29, 0.717) is 18.8 Å². The zero-order valence-corrected chi connectivity index (χ0v) is 10.0. The summed E-state index contributed by atoms with van der Waals surface area (Å²) in [6.45, 7) is 2.16. The lowest BCUT2D eigenvalue weighted by atomic mass is 9.67. The number of benzene rings is 1. The molecule has 0 aliphatic heterocycles. The van der Waals surface area contributed by atoms with Crippen LogP contribution in [0.4, 0.5) is 0 Å². The minimum absolute atomic E-state index is 0.141. The first-order valence-corrected chi connectivity index (χ1v) is 6.07.